The molecule has 5 rings (SSSR count). The summed E-state index contributed by atoms with van der Waals surface area (Å²) in [5, 5.41) is 9.14. The van der Waals surface area contributed by atoms with Crippen molar-refractivity contribution in [2.45, 2.75) is 31.0 Å². The lowest BCUT2D eigenvalue weighted by Gasteiger charge is -2.50. The number of ether oxygens (including phenoxy) is 2. The van der Waals surface area contributed by atoms with E-state index in [0.29, 0.717) is 31.7 Å². The zero-order valence-corrected chi connectivity index (χ0v) is 18.0. The van der Waals surface area contributed by atoms with Crippen LogP contribution < -0.4 is 9.47 Å². The first kappa shape index (κ1) is 18.9. The number of methoxy groups -OCH3 is 1. The first-order valence-electron chi connectivity index (χ1n) is 9.63. The molecule has 1 unspecified atom stereocenters. The fourth-order valence-electron chi connectivity index (χ4n) is 4.52. The molecule has 1 atom stereocenters. The van der Waals surface area contributed by atoms with Gasteiger partial charge in [-0.25, -0.2) is 17.7 Å². The summed E-state index contributed by atoms with van der Waals surface area (Å²) in [5.41, 5.74) is 1.44. The molecule has 1 fully saturated rings. The third-order valence-corrected chi connectivity index (χ3v) is 8.21. The van der Waals surface area contributed by atoms with E-state index in [1.54, 1.807) is 18.4 Å². The third kappa shape index (κ3) is 3.03. The van der Waals surface area contributed by atoms with E-state index in [1.165, 1.54) is 10.6 Å². The van der Waals surface area contributed by atoms with Crippen LogP contribution >= 0.6 is 11.3 Å². The molecule has 4 heterocycles. The maximum absolute atomic E-state index is 12.0. The fourth-order valence-corrected chi connectivity index (χ4v) is 6.09. The number of piperidine rings is 1. The average Bonchev–Trinajstić information content (AvgIpc) is 3.38. The summed E-state index contributed by atoms with van der Waals surface area (Å²) >= 11 is 1.68. The number of nitrogens with zero attached hydrogens (tertiary/aromatic N) is 3. The highest BCUT2D eigenvalue weighted by atomic mass is 32.2. The first-order valence-corrected chi connectivity index (χ1v) is 12.4. The van der Waals surface area contributed by atoms with Crippen molar-refractivity contribution in [2.75, 3.05) is 26.5 Å². The van der Waals surface area contributed by atoms with Gasteiger partial charge in [0.2, 0.25) is 15.7 Å². The highest BCUT2D eigenvalue weighted by molar-refractivity contribution is 7.88. The van der Waals surface area contributed by atoms with Gasteiger partial charge in [-0.05, 0) is 17.5 Å². The minimum atomic E-state index is -3.22. The van der Waals surface area contributed by atoms with Crippen LogP contribution in [0.1, 0.15) is 35.7 Å². The van der Waals surface area contributed by atoms with Crippen LogP contribution in [-0.2, 0) is 10.0 Å². The van der Waals surface area contributed by atoms with E-state index in [2.05, 4.69) is 22.5 Å². The number of rotatable bonds is 3. The van der Waals surface area contributed by atoms with Gasteiger partial charge in [-0.1, -0.05) is 18.2 Å². The van der Waals surface area contributed by atoms with Crippen molar-refractivity contribution in [3.05, 3.63) is 46.2 Å². The highest BCUT2D eigenvalue weighted by Crippen LogP contribution is 2.52. The number of hydrogen-bond donors (Lipinski definition) is 0. The van der Waals surface area contributed by atoms with Crippen molar-refractivity contribution in [1.29, 1.82) is 0 Å². The molecule has 0 radical (unpaired) electrons. The predicted octanol–water partition coefficient (Wildman–Crippen LogP) is 3.05. The topological polar surface area (TPSA) is 71.4 Å². The van der Waals surface area contributed by atoms with Crippen LogP contribution in [-0.4, -0.2) is 55.6 Å². The Balaban J connectivity index is 1.57. The van der Waals surface area contributed by atoms with Crippen molar-refractivity contribution in [3.63, 3.8) is 0 Å². The predicted molar refractivity (Wildman–Crippen MR) is 112 cm³/mol. The standard InChI is InChI=1S/C20H23N3O4S2/c1-26-17-6-3-5-14-16-13-15(18-7-4-12-28-18)21-23(16)20(27-19(14)17)8-10-22(11-9-20)29(2,24)25/h3-7,12,16H,8-11,13H2,1-2H3. The average molecular weight is 434 g/mol. The molecule has 154 valence electrons. The van der Waals surface area contributed by atoms with Crippen molar-refractivity contribution >= 4 is 27.1 Å². The van der Waals surface area contributed by atoms with E-state index in [9.17, 15) is 8.42 Å². The summed E-state index contributed by atoms with van der Waals surface area (Å²) in [6.45, 7) is 0.826. The Morgan fingerprint density at radius 3 is 2.69 bits per heavy atom. The summed E-state index contributed by atoms with van der Waals surface area (Å²) in [6.07, 6.45) is 3.16. The van der Waals surface area contributed by atoms with Gasteiger partial charge in [-0.2, -0.15) is 5.10 Å². The van der Waals surface area contributed by atoms with Crippen molar-refractivity contribution in [3.8, 4) is 11.5 Å². The van der Waals surface area contributed by atoms with E-state index in [0.717, 1.165) is 28.3 Å². The lowest BCUT2D eigenvalue weighted by atomic mass is 9.91. The van der Waals surface area contributed by atoms with Gasteiger partial charge in [0.05, 0.1) is 30.0 Å². The molecular formula is C20H23N3O4S2. The summed E-state index contributed by atoms with van der Waals surface area (Å²) in [5.74, 6) is 1.46. The summed E-state index contributed by atoms with van der Waals surface area (Å²) in [7, 11) is -1.58. The highest BCUT2D eigenvalue weighted by Gasteiger charge is 2.53. The number of fused-ring (bicyclic) bond motifs is 4. The smallest absolute Gasteiger partial charge is 0.211 e. The molecule has 0 saturated carbocycles. The van der Waals surface area contributed by atoms with E-state index in [-0.39, 0.29) is 6.04 Å². The number of thiophene rings is 1. The van der Waals surface area contributed by atoms with E-state index < -0.39 is 15.7 Å². The van der Waals surface area contributed by atoms with E-state index in [1.807, 2.05) is 18.2 Å². The molecule has 1 saturated heterocycles. The number of hydrogen-bond acceptors (Lipinski definition) is 7. The Morgan fingerprint density at radius 2 is 2.03 bits per heavy atom. The number of benzene rings is 1. The van der Waals surface area contributed by atoms with Gasteiger partial charge in [-0.3, -0.25) is 0 Å². The Bertz CT molecular complexity index is 1060. The summed E-state index contributed by atoms with van der Waals surface area (Å²) in [6, 6.07) is 10.1. The molecule has 3 aliphatic heterocycles. The van der Waals surface area contributed by atoms with Gasteiger partial charge < -0.3 is 9.47 Å². The second kappa shape index (κ2) is 6.72. The monoisotopic (exact) mass is 433 g/mol. The molecule has 0 bridgehead atoms. The van der Waals surface area contributed by atoms with Gasteiger partial charge in [0.1, 0.15) is 0 Å². The molecule has 0 amide bonds. The summed E-state index contributed by atoms with van der Waals surface area (Å²) in [4.78, 5) is 1.16. The normalized spacial score (nSPS) is 23.3. The zero-order chi connectivity index (χ0) is 20.2. The van der Waals surface area contributed by atoms with E-state index >= 15 is 0 Å². The van der Waals surface area contributed by atoms with Crippen molar-refractivity contribution in [1.82, 2.24) is 9.31 Å². The lowest BCUT2D eigenvalue weighted by molar-refractivity contribution is -0.144. The number of para-hydroxylation sites is 1. The lowest BCUT2D eigenvalue weighted by Crippen LogP contribution is -2.59. The fraction of sp³-hybridized carbons (Fsp3) is 0.450. The molecule has 3 aliphatic rings. The Labute approximate surface area is 174 Å². The van der Waals surface area contributed by atoms with Crippen LogP contribution in [0.4, 0.5) is 0 Å². The Hall–Kier alpha value is -2.10. The van der Waals surface area contributed by atoms with Crippen LogP contribution in [0.15, 0.2) is 40.8 Å². The first-order chi connectivity index (χ1) is 13.9. The number of hydrazone groups is 1. The van der Waals surface area contributed by atoms with E-state index in [4.69, 9.17) is 14.6 Å². The molecule has 1 spiro atoms. The van der Waals surface area contributed by atoms with Crippen LogP contribution in [0.3, 0.4) is 0 Å². The quantitative estimate of drug-likeness (QED) is 0.744. The molecule has 0 aliphatic carbocycles. The summed E-state index contributed by atoms with van der Waals surface area (Å²) < 4.78 is 37.7. The second-order valence-electron chi connectivity index (χ2n) is 7.68. The Morgan fingerprint density at radius 1 is 1.24 bits per heavy atom. The molecule has 2 aromatic rings. The van der Waals surface area contributed by atoms with Crippen molar-refractivity contribution in [2.24, 2.45) is 5.10 Å². The molecule has 1 aromatic carbocycles. The molecule has 29 heavy (non-hydrogen) atoms. The van der Waals surface area contributed by atoms with Crippen LogP contribution in [0.2, 0.25) is 0 Å². The molecule has 0 N–H and O–H groups in total. The minimum absolute atomic E-state index is 0.0516. The SMILES string of the molecule is COc1cccc2c1OC1(CCN(S(C)(=O)=O)CC1)N1N=C(c3cccs3)CC21. The number of sulfonamides is 1. The van der Waals surface area contributed by atoms with Gasteiger partial charge in [-0.15, -0.1) is 11.3 Å². The molecule has 1 aromatic heterocycles. The van der Waals surface area contributed by atoms with Crippen LogP contribution in [0.25, 0.3) is 0 Å². The molecule has 7 nitrogen and oxygen atoms in total. The molecular weight excluding hydrogens is 410 g/mol. The molecule has 9 heteroatoms. The minimum Gasteiger partial charge on any atom is -0.493 e. The van der Waals surface area contributed by atoms with Gasteiger partial charge in [0.15, 0.2) is 11.5 Å². The van der Waals surface area contributed by atoms with Gasteiger partial charge >= 0.3 is 0 Å². The maximum atomic E-state index is 12.0. The Kier molecular flexibility index (Phi) is 4.38. The van der Waals surface area contributed by atoms with Gasteiger partial charge in [0.25, 0.3) is 0 Å². The maximum Gasteiger partial charge on any atom is 0.211 e. The largest absolute Gasteiger partial charge is 0.493 e. The van der Waals surface area contributed by atoms with Crippen LogP contribution in [0, 0.1) is 0 Å². The van der Waals surface area contributed by atoms with Crippen LogP contribution in [0.5, 0.6) is 11.5 Å². The zero-order valence-electron chi connectivity index (χ0n) is 16.4. The van der Waals surface area contributed by atoms with Gasteiger partial charge in [0, 0.05) is 37.9 Å². The van der Waals surface area contributed by atoms with Crippen molar-refractivity contribution < 1.29 is 17.9 Å². The third-order valence-electron chi connectivity index (χ3n) is 5.99. The second-order valence-corrected chi connectivity index (χ2v) is 10.6.